The number of hydrogen-bond donors (Lipinski definition) is 0. The maximum atomic E-state index is 12.0. The molecule has 0 bridgehead atoms. The maximum absolute atomic E-state index is 12.0. The summed E-state index contributed by atoms with van der Waals surface area (Å²) in [6.45, 7) is 11.9. The van der Waals surface area contributed by atoms with E-state index in [4.69, 9.17) is 4.74 Å². The molecule has 2 nitrogen and oxygen atoms in total. The fourth-order valence-electron chi connectivity index (χ4n) is 2.89. The van der Waals surface area contributed by atoms with Gasteiger partial charge in [0.25, 0.3) is 0 Å². The van der Waals surface area contributed by atoms with Crippen LogP contribution in [0.3, 0.4) is 0 Å². The number of carbonyl (C=O) groups is 1. The summed E-state index contributed by atoms with van der Waals surface area (Å²) in [7, 11) is 1.64. The Hall–Kier alpha value is -0.890. The number of ether oxygens (including phenoxy) is 1. The van der Waals surface area contributed by atoms with Crippen LogP contribution in [0.2, 0.25) is 0 Å². The Labute approximate surface area is 105 Å². The Morgan fingerprint density at radius 3 is 2.35 bits per heavy atom. The Morgan fingerprint density at radius 2 is 1.94 bits per heavy atom. The van der Waals surface area contributed by atoms with Crippen LogP contribution in [0.4, 0.5) is 0 Å². The summed E-state index contributed by atoms with van der Waals surface area (Å²) < 4.78 is 5.61. The van der Waals surface area contributed by atoms with E-state index in [0.29, 0.717) is 0 Å². The summed E-state index contributed by atoms with van der Waals surface area (Å²) in [5, 5.41) is 0. The molecule has 2 heteroatoms. The van der Waals surface area contributed by atoms with Crippen LogP contribution in [0, 0.1) is 11.3 Å². The minimum absolute atomic E-state index is 0.0909. The Morgan fingerprint density at radius 1 is 1.35 bits per heavy atom. The highest BCUT2D eigenvalue weighted by atomic mass is 16.5. The van der Waals surface area contributed by atoms with Gasteiger partial charge in [0.15, 0.2) is 5.78 Å². The lowest BCUT2D eigenvalue weighted by atomic mass is 9.75. The van der Waals surface area contributed by atoms with Gasteiger partial charge in [-0.05, 0) is 32.1 Å². The third-order valence-electron chi connectivity index (χ3n) is 4.02. The second-order valence-electron chi connectivity index (χ2n) is 5.82. The predicted octanol–water partition coefficient (Wildman–Crippen LogP) is 3.53. The Bertz CT molecular complexity index is 352. The van der Waals surface area contributed by atoms with Crippen molar-refractivity contribution in [2.45, 2.75) is 46.1 Å². The van der Waals surface area contributed by atoms with Crippen molar-refractivity contribution in [2.75, 3.05) is 7.11 Å². The first-order valence-corrected chi connectivity index (χ1v) is 6.16. The zero-order valence-electron chi connectivity index (χ0n) is 11.7. The standard InChI is InChI=1S/C15H24O2/c1-11(2)7-8-13-14(4,5)9-10-15(13,17-6)12(3)16/h7-8,13H,1,9-10H2,2-6H3. The lowest BCUT2D eigenvalue weighted by Crippen LogP contribution is -2.45. The fourth-order valence-corrected chi connectivity index (χ4v) is 2.89. The van der Waals surface area contributed by atoms with E-state index in [1.165, 1.54) is 0 Å². The van der Waals surface area contributed by atoms with Gasteiger partial charge < -0.3 is 4.74 Å². The minimum atomic E-state index is -0.643. The zero-order chi connectivity index (χ0) is 13.3. The van der Waals surface area contributed by atoms with Crippen molar-refractivity contribution in [3.8, 4) is 0 Å². The van der Waals surface area contributed by atoms with Crippen molar-refractivity contribution in [3.63, 3.8) is 0 Å². The van der Waals surface area contributed by atoms with Gasteiger partial charge in [0.05, 0.1) is 0 Å². The van der Waals surface area contributed by atoms with Crippen LogP contribution < -0.4 is 0 Å². The summed E-state index contributed by atoms with van der Waals surface area (Å²) in [6.07, 6.45) is 5.90. The van der Waals surface area contributed by atoms with Crippen molar-refractivity contribution in [1.29, 1.82) is 0 Å². The molecule has 0 aromatic carbocycles. The van der Waals surface area contributed by atoms with E-state index >= 15 is 0 Å². The molecule has 0 aromatic rings. The molecule has 0 heterocycles. The molecule has 1 fully saturated rings. The number of allylic oxidation sites excluding steroid dienone is 2. The SMILES string of the molecule is C=C(C)C=CC1C(C)(C)CCC1(OC)C(C)=O. The van der Waals surface area contributed by atoms with Gasteiger partial charge in [-0.15, -0.1) is 0 Å². The molecule has 17 heavy (non-hydrogen) atoms. The summed E-state index contributed by atoms with van der Waals surface area (Å²) in [5.41, 5.74) is 0.449. The number of ketones is 1. The van der Waals surface area contributed by atoms with E-state index in [0.717, 1.165) is 18.4 Å². The van der Waals surface area contributed by atoms with Gasteiger partial charge >= 0.3 is 0 Å². The molecule has 1 aliphatic carbocycles. The maximum Gasteiger partial charge on any atom is 0.162 e. The minimum Gasteiger partial charge on any atom is -0.370 e. The second kappa shape index (κ2) is 4.77. The van der Waals surface area contributed by atoms with Gasteiger partial charge in [0.1, 0.15) is 5.60 Å². The highest BCUT2D eigenvalue weighted by Gasteiger charge is 2.54. The molecule has 2 atom stereocenters. The summed E-state index contributed by atoms with van der Waals surface area (Å²) in [6, 6.07) is 0. The molecule has 96 valence electrons. The first kappa shape index (κ1) is 14.2. The van der Waals surface area contributed by atoms with Crippen LogP contribution in [0.25, 0.3) is 0 Å². The van der Waals surface area contributed by atoms with Gasteiger partial charge in [0.2, 0.25) is 0 Å². The van der Waals surface area contributed by atoms with Crippen molar-refractivity contribution < 1.29 is 9.53 Å². The average molecular weight is 236 g/mol. The molecule has 1 saturated carbocycles. The van der Waals surface area contributed by atoms with Gasteiger partial charge in [-0.2, -0.15) is 0 Å². The second-order valence-corrected chi connectivity index (χ2v) is 5.82. The van der Waals surface area contributed by atoms with Gasteiger partial charge in [-0.1, -0.05) is 38.2 Å². The highest BCUT2D eigenvalue weighted by Crippen LogP contribution is 2.51. The molecular weight excluding hydrogens is 212 g/mol. The number of carbonyl (C=O) groups excluding carboxylic acids is 1. The molecule has 0 aromatic heterocycles. The molecule has 0 aliphatic heterocycles. The van der Waals surface area contributed by atoms with Crippen LogP contribution in [0.15, 0.2) is 24.3 Å². The van der Waals surface area contributed by atoms with E-state index in [1.807, 2.05) is 13.0 Å². The number of rotatable bonds is 4. The van der Waals surface area contributed by atoms with Gasteiger partial charge in [-0.25, -0.2) is 0 Å². The fraction of sp³-hybridized carbons (Fsp3) is 0.667. The van der Waals surface area contributed by atoms with Crippen molar-refractivity contribution in [2.24, 2.45) is 11.3 Å². The lowest BCUT2D eigenvalue weighted by molar-refractivity contribution is -0.143. The molecular formula is C15H24O2. The molecule has 0 amide bonds. The predicted molar refractivity (Wildman–Crippen MR) is 70.9 cm³/mol. The van der Waals surface area contributed by atoms with Gasteiger partial charge in [0, 0.05) is 13.0 Å². The number of Topliss-reactive ketones (excluding diaryl/α,β-unsaturated/α-hetero) is 1. The normalized spacial score (nSPS) is 31.9. The van der Waals surface area contributed by atoms with E-state index < -0.39 is 5.60 Å². The number of hydrogen-bond acceptors (Lipinski definition) is 2. The van der Waals surface area contributed by atoms with E-state index in [9.17, 15) is 4.79 Å². The summed E-state index contributed by atoms with van der Waals surface area (Å²) >= 11 is 0. The molecule has 1 aliphatic rings. The topological polar surface area (TPSA) is 26.3 Å². The van der Waals surface area contributed by atoms with E-state index in [2.05, 4.69) is 26.5 Å². The van der Waals surface area contributed by atoms with Crippen molar-refractivity contribution >= 4 is 5.78 Å². The summed E-state index contributed by atoms with van der Waals surface area (Å²) in [5.74, 6) is 0.246. The first-order valence-electron chi connectivity index (χ1n) is 6.16. The van der Waals surface area contributed by atoms with Crippen LogP contribution in [-0.2, 0) is 9.53 Å². The van der Waals surface area contributed by atoms with Crippen LogP contribution in [0.5, 0.6) is 0 Å². The zero-order valence-corrected chi connectivity index (χ0v) is 11.7. The number of methoxy groups -OCH3 is 1. The molecule has 0 N–H and O–H groups in total. The van der Waals surface area contributed by atoms with E-state index in [-0.39, 0.29) is 17.1 Å². The van der Waals surface area contributed by atoms with Crippen molar-refractivity contribution in [1.82, 2.24) is 0 Å². The molecule has 0 spiro atoms. The smallest absolute Gasteiger partial charge is 0.162 e. The van der Waals surface area contributed by atoms with Crippen LogP contribution >= 0.6 is 0 Å². The monoisotopic (exact) mass is 236 g/mol. The average Bonchev–Trinajstić information content (AvgIpc) is 2.47. The molecule has 1 rings (SSSR count). The first-order chi connectivity index (χ1) is 7.76. The van der Waals surface area contributed by atoms with Crippen LogP contribution in [0.1, 0.15) is 40.5 Å². The highest BCUT2D eigenvalue weighted by molar-refractivity contribution is 5.86. The third kappa shape index (κ3) is 2.52. The quantitative estimate of drug-likeness (QED) is 0.698. The lowest BCUT2D eigenvalue weighted by Gasteiger charge is -2.35. The van der Waals surface area contributed by atoms with Crippen LogP contribution in [-0.4, -0.2) is 18.5 Å². The third-order valence-corrected chi connectivity index (χ3v) is 4.02. The van der Waals surface area contributed by atoms with Gasteiger partial charge in [-0.3, -0.25) is 4.79 Å². The molecule has 0 radical (unpaired) electrons. The molecule has 2 unspecified atom stereocenters. The summed E-state index contributed by atoms with van der Waals surface area (Å²) in [4.78, 5) is 12.0. The van der Waals surface area contributed by atoms with E-state index in [1.54, 1.807) is 14.0 Å². The Kier molecular flexibility index (Phi) is 3.98. The van der Waals surface area contributed by atoms with Crippen molar-refractivity contribution in [3.05, 3.63) is 24.3 Å². The largest absolute Gasteiger partial charge is 0.370 e. The molecule has 0 saturated heterocycles. The Balaban J connectivity index is 3.14.